The molecule has 3 fully saturated rings. The molecule has 1 amide bonds. The molecule has 0 aliphatic carbocycles. The highest BCUT2D eigenvalue weighted by atomic mass is 16.5. The Labute approximate surface area is 168 Å². The number of pyridine rings is 1. The van der Waals surface area contributed by atoms with Gasteiger partial charge < -0.3 is 14.5 Å². The Morgan fingerprint density at radius 1 is 1.14 bits per heavy atom. The first-order chi connectivity index (χ1) is 13.6. The fourth-order valence-corrected chi connectivity index (χ4v) is 5.02. The van der Waals surface area contributed by atoms with Gasteiger partial charge in [-0.2, -0.15) is 0 Å². The first kappa shape index (κ1) is 19.6. The highest BCUT2D eigenvalue weighted by Crippen LogP contribution is 2.37. The van der Waals surface area contributed by atoms with Gasteiger partial charge in [0.05, 0.1) is 5.60 Å². The molecule has 6 heteroatoms. The van der Waals surface area contributed by atoms with Crippen LogP contribution in [0.15, 0.2) is 24.4 Å². The minimum Gasteiger partial charge on any atom is -0.375 e. The number of amides is 1. The summed E-state index contributed by atoms with van der Waals surface area (Å²) in [4.78, 5) is 23.9. The summed E-state index contributed by atoms with van der Waals surface area (Å²) in [6.45, 7) is 10.8. The minimum absolute atomic E-state index is 0.0191. The molecular weight excluding hydrogens is 352 g/mol. The van der Waals surface area contributed by atoms with Crippen molar-refractivity contribution in [2.24, 2.45) is 5.92 Å². The van der Waals surface area contributed by atoms with E-state index in [0.29, 0.717) is 6.04 Å². The van der Waals surface area contributed by atoms with E-state index in [4.69, 9.17) is 4.74 Å². The third-order valence-electron chi connectivity index (χ3n) is 6.75. The van der Waals surface area contributed by atoms with E-state index < -0.39 is 0 Å². The average molecular weight is 387 g/mol. The molecule has 4 heterocycles. The van der Waals surface area contributed by atoms with Gasteiger partial charge in [0.2, 0.25) is 5.91 Å². The topological polar surface area (TPSA) is 48.9 Å². The number of anilines is 1. The van der Waals surface area contributed by atoms with Crippen LogP contribution in [0.4, 0.5) is 5.82 Å². The summed E-state index contributed by atoms with van der Waals surface area (Å²) < 4.78 is 6.32. The first-order valence-corrected chi connectivity index (χ1v) is 10.9. The maximum atomic E-state index is 12.3. The van der Waals surface area contributed by atoms with Gasteiger partial charge in [0, 0.05) is 64.0 Å². The van der Waals surface area contributed by atoms with Gasteiger partial charge in [-0.1, -0.05) is 19.9 Å². The van der Waals surface area contributed by atoms with Crippen LogP contribution in [0.25, 0.3) is 0 Å². The van der Waals surface area contributed by atoms with Crippen LogP contribution in [0.2, 0.25) is 0 Å². The quantitative estimate of drug-likeness (QED) is 0.798. The third-order valence-corrected chi connectivity index (χ3v) is 6.75. The zero-order valence-corrected chi connectivity index (χ0v) is 17.3. The molecule has 0 bridgehead atoms. The predicted molar refractivity (Wildman–Crippen MR) is 110 cm³/mol. The van der Waals surface area contributed by atoms with Crippen LogP contribution >= 0.6 is 0 Å². The molecule has 1 aromatic heterocycles. The lowest BCUT2D eigenvalue weighted by Gasteiger charge is -2.50. The molecule has 3 aliphatic heterocycles. The predicted octanol–water partition coefficient (Wildman–Crippen LogP) is 2.40. The Bertz CT molecular complexity index is 650. The maximum absolute atomic E-state index is 12.3. The molecule has 0 aromatic carbocycles. The van der Waals surface area contributed by atoms with Crippen LogP contribution in [-0.4, -0.2) is 78.2 Å². The van der Waals surface area contributed by atoms with Crippen LogP contribution in [0.3, 0.4) is 0 Å². The van der Waals surface area contributed by atoms with Crippen molar-refractivity contribution in [3.8, 4) is 0 Å². The number of piperazine rings is 1. The number of carbonyl (C=O) groups is 1. The van der Waals surface area contributed by atoms with E-state index in [0.717, 1.165) is 77.4 Å². The molecule has 0 radical (unpaired) electrons. The Balaban J connectivity index is 1.31. The summed E-state index contributed by atoms with van der Waals surface area (Å²) in [6, 6.07) is 6.74. The molecule has 4 rings (SSSR count). The number of hydrogen-bond acceptors (Lipinski definition) is 5. The summed E-state index contributed by atoms with van der Waals surface area (Å²) in [5.74, 6) is 1.46. The SMILES string of the molecule is CC(C)C(=O)N1CCC2(CC1)C[C@H](N1CCN(c3ccccn3)CC1)CCO2. The largest absolute Gasteiger partial charge is 0.375 e. The Kier molecular flexibility index (Phi) is 5.88. The molecule has 3 saturated heterocycles. The Morgan fingerprint density at radius 3 is 2.54 bits per heavy atom. The van der Waals surface area contributed by atoms with Crippen molar-refractivity contribution in [1.29, 1.82) is 0 Å². The zero-order valence-electron chi connectivity index (χ0n) is 17.3. The van der Waals surface area contributed by atoms with Crippen molar-refractivity contribution >= 4 is 11.7 Å². The zero-order chi connectivity index (χ0) is 19.6. The van der Waals surface area contributed by atoms with Crippen molar-refractivity contribution in [1.82, 2.24) is 14.8 Å². The second-order valence-corrected chi connectivity index (χ2v) is 8.87. The second kappa shape index (κ2) is 8.37. The molecule has 3 aliphatic rings. The van der Waals surface area contributed by atoms with E-state index in [-0.39, 0.29) is 17.4 Å². The van der Waals surface area contributed by atoms with Gasteiger partial charge in [-0.25, -0.2) is 4.98 Å². The van der Waals surface area contributed by atoms with E-state index in [1.165, 1.54) is 0 Å². The number of aromatic nitrogens is 1. The minimum atomic E-state index is -0.0191. The van der Waals surface area contributed by atoms with Gasteiger partial charge in [-0.15, -0.1) is 0 Å². The molecule has 28 heavy (non-hydrogen) atoms. The number of hydrogen-bond donors (Lipinski definition) is 0. The Morgan fingerprint density at radius 2 is 1.89 bits per heavy atom. The molecule has 1 aromatic rings. The van der Waals surface area contributed by atoms with E-state index in [2.05, 4.69) is 26.9 Å². The lowest BCUT2D eigenvalue weighted by atomic mass is 9.81. The molecule has 6 nitrogen and oxygen atoms in total. The number of likely N-dealkylation sites (tertiary alicyclic amines) is 1. The van der Waals surface area contributed by atoms with Crippen molar-refractivity contribution in [3.63, 3.8) is 0 Å². The van der Waals surface area contributed by atoms with Crippen molar-refractivity contribution in [3.05, 3.63) is 24.4 Å². The van der Waals surface area contributed by atoms with Gasteiger partial charge in [0.15, 0.2) is 0 Å². The summed E-state index contributed by atoms with van der Waals surface area (Å²) in [7, 11) is 0. The van der Waals surface area contributed by atoms with Crippen molar-refractivity contribution in [2.45, 2.75) is 51.2 Å². The summed E-state index contributed by atoms with van der Waals surface area (Å²) in [6.07, 6.45) is 6.08. The molecule has 0 N–H and O–H groups in total. The van der Waals surface area contributed by atoms with Crippen molar-refractivity contribution < 1.29 is 9.53 Å². The smallest absolute Gasteiger partial charge is 0.225 e. The van der Waals surface area contributed by atoms with Crippen LogP contribution < -0.4 is 4.90 Å². The fourth-order valence-electron chi connectivity index (χ4n) is 5.02. The average Bonchev–Trinajstić information content (AvgIpc) is 2.75. The fraction of sp³-hybridized carbons (Fsp3) is 0.727. The van der Waals surface area contributed by atoms with Gasteiger partial charge in [0.1, 0.15) is 5.82 Å². The lowest BCUT2D eigenvalue weighted by Crippen LogP contribution is -2.57. The van der Waals surface area contributed by atoms with E-state index in [1.54, 1.807) is 0 Å². The number of rotatable bonds is 3. The van der Waals surface area contributed by atoms with Gasteiger partial charge >= 0.3 is 0 Å². The Hall–Kier alpha value is -1.66. The highest BCUT2D eigenvalue weighted by molar-refractivity contribution is 5.78. The van der Waals surface area contributed by atoms with Gasteiger partial charge in [0.25, 0.3) is 0 Å². The van der Waals surface area contributed by atoms with Crippen LogP contribution in [-0.2, 0) is 9.53 Å². The monoisotopic (exact) mass is 386 g/mol. The number of ether oxygens (including phenoxy) is 1. The number of piperidine rings is 1. The molecule has 1 atom stereocenters. The van der Waals surface area contributed by atoms with Crippen LogP contribution in [0.1, 0.15) is 39.5 Å². The van der Waals surface area contributed by atoms with E-state index in [9.17, 15) is 4.79 Å². The summed E-state index contributed by atoms with van der Waals surface area (Å²) in [5, 5.41) is 0. The third kappa shape index (κ3) is 4.18. The maximum Gasteiger partial charge on any atom is 0.225 e. The number of nitrogens with zero attached hydrogens (tertiary/aromatic N) is 4. The summed E-state index contributed by atoms with van der Waals surface area (Å²) in [5.41, 5.74) is -0.0191. The van der Waals surface area contributed by atoms with Crippen molar-refractivity contribution in [2.75, 3.05) is 50.8 Å². The second-order valence-electron chi connectivity index (χ2n) is 8.87. The number of carbonyl (C=O) groups excluding carboxylic acids is 1. The molecule has 0 saturated carbocycles. The van der Waals surface area contributed by atoms with Gasteiger partial charge in [-0.3, -0.25) is 9.69 Å². The summed E-state index contributed by atoms with van der Waals surface area (Å²) >= 11 is 0. The van der Waals surface area contributed by atoms with Gasteiger partial charge in [-0.05, 0) is 37.8 Å². The normalized spacial score (nSPS) is 26.0. The van der Waals surface area contributed by atoms with E-state index in [1.807, 2.05) is 31.0 Å². The molecule has 1 spiro atoms. The molecular formula is C22H34N4O2. The first-order valence-electron chi connectivity index (χ1n) is 10.9. The molecule has 0 unspecified atom stereocenters. The van der Waals surface area contributed by atoms with Crippen LogP contribution in [0.5, 0.6) is 0 Å². The highest BCUT2D eigenvalue weighted by Gasteiger charge is 2.43. The lowest BCUT2D eigenvalue weighted by molar-refractivity contribution is -0.151. The van der Waals surface area contributed by atoms with E-state index >= 15 is 0 Å². The van der Waals surface area contributed by atoms with Crippen LogP contribution in [0, 0.1) is 5.92 Å². The molecule has 154 valence electrons. The standard InChI is InChI=1S/C22H34N4O2/c1-18(2)21(27)26-10-7-22(8-11-26)17-19(6-16-28-22)24-12-14-25(15-13-24)20-5-3-4-9-23-20/h3-5,9,18-19H,6-8,10-17H2,1-2H3/t19-/m1/s1.